The predicted molar refractivity (Wildman–Crippen MR) is 66.4 cm³/mol. The highest BCUT2D eigenvalue weighted by molar-refractivity contribution is 5.77. The van der Waals surface area contributed by atoms with Gasteiger partial charge in [0.25, 0.3) is 0 Å². The molecule has 1 atom stereocenters. The molecule has 1 rings (SSSR count). The first kappa shape index (κ1) is 14.5. The SMILES string of the molecule is COC(=O)C(CN)(CCC(C)(C)O)CC1CC1. The maximum Gasteiger partial charge on any atom is 0.313 e. The first-order valence-electron chi connectivity index (χ1n) is 6.34. The Morgan fingerprint density at radius 3 is 2.35 bits per heavy atom. The molecule has 1 saturated carbocycles. The fourth-order valence-corrected chi connectivity index (χ4v) is 2.19. The number of carbonyl (C=O) groups excluding carboxylic acids is 1. The number of rotatable bonds is 7. The van der Waals surface area contributed by atoms with Crippen molar-refractivity contribution in [3.05, 3.63) is 0 Å². The zero-order chi connectivity index (χ0) is 13.1. The number of hydrogen-bond donors (Lipinski definition) is 2. The Hall–Kier alpha value is -0.610. The molecule has 4 heteroatoms. The van der Waals surface area contributed by atoms with Crippen molar-refractivity contribution < 1.29 is 14.6 Å². The van der Waals surface area contributed by atoms with Crippen molar-refractivity contribution in [3.8, 4) is 0 Å². The lowest BCUT2D eigenvalue weighted by Gasteiger charge is -2.32. The van der Waals surface area contributed by atoms with E-state index in [-0.39, 0.29) is 5.97 Å². The minimum atomic E-state index is -0.766. The minimum absolute atomic E-state index is 0.226. The van der Waals surface area contributed by atoms with Crippen molar-refractivity contribution in [1.29, 1.82) is 0 Å². The highest BCUT2D eigenvalue weighted by Gasteiger charge is 2.43. The van der Waals surface area contributed by atoms with Crippen LogP contribution in [0.1, 0.15) is 46.0 Å². The largest absolute Gasteiger partial charge is 0.469 e. The van der Waals surface area contributed by atoms with Gasteiger partial charge in [-0.15, -0.1) is 0 Å². The zero-order valence-corrected chi connectivity index (χ0v) is 11.2. The Morgan fingerprint density at radius 2 is 2.00 bits per heavy atom. The lowest BCUT2D eigenvalue weighted by molar-refractivity contribution is -0.154. The lowest BCUT2D eigenvalue weighted by atomic mass is 9.76. The lowest BCUT2D eigenvalue weighted by Crippen LogP contribution is -2.41. The molecule has 1 aliphatic rings. The van der Waals surface area contributed by atoms with E-state index in [1.54, 1.807) is 13.8 Å². The fraction of sp³-hybridized carbons (Fsp3) is 0.923. The van der Waals surface area contributed by atoms with Gasteiger partial charge in [0.15, 0.2) is 0 Å². The Morgan fingerprint density at radius 1 is 1.41 bits per heavy atom. The summed E-state index contributed by atoms with van der Waals surface area (Å²) in [5.74, 6) is 0.385. The molecule has 1 fully saturated rings. The fourth-order valence-electron chi connectivity index (χ4n) is 2.19. The molecule has 0 aliphatic heterocycles. The van der Waals surface area contributed by atoms with E-state index in [0.29, 0.717) is 25.3 Å². The maximum absolute atomic E-state index is 12.0. The summed E-state index contributed by atoms with van der Waals surface area (Å²) in [4.78, 5) is 12.0. The van der Waals surface area contributed by atoms with E-state index >= 15 is 0 Å². The van der Waals surface area contributed by atoms with E-state index in [1.807, 2.05) is 0 Å². The van der Waals surface area contributed by atoms with Crippen molar-refractivity contribution in [2.24, 2.45) is 17.1 Å². The summed E-state index contributed by atoms with van der Waals surface area (Å²) in [6.45, 7) is 3.80. The monoisotopic (exact) mass is 243 g/mol. The van der Waals surface area contributed by atoms with Crippen molar-refractivity contribution in [1.82, 2.24) is 0 Å². The molecule has 17 heavy (non-hydrogen) atoms. The Kier molecular flexibility index (Phi) is 4.55. The number of ether oxygens (including phenoxy) is 1. The van der Waals surface area contributed by atoms with Crippen LogP contribution in [0.25, 0.3) is 0 Å². The zero-order valence-electron chi connectivity index (χ0n) is 11.2. The van der Waals surface area contributed by atoms with Crippen LogP contribution in [0.2, 0.25) is 0 Å². The van der Waals surface area contributed by atoms with Gasteiger partial charge in [-0.3, -0.25) is 4.79 Å². The van der Waals surface area contributed by atoms with E-state index < -0.39 is 11.0 Å². The van der Waals surface area contributed by atoms with E-state index in [9.17, 15) is 9.90 Å². The summed E-state index contributed by atoms with van der Waals surface area (Å²) in [6, 6.07) is 0. The third kappa shape index (κ3) is 4.28. The smallest absolute Gasteiger partial charge is 0.313 e. The first-order chi connectivity index (χ1) is 7.83. The number of aliphatic hydroxyl groups is 1. The van der Waals surface area contributed by atoms with Gasteiger partial charge in [-0.05, 0) is 39.0 Å². The number of methoxy groups -OCH3 is 1. The standard InChI is InChI=1S/C13H25NO3/c1-12(2,16)6-7-13(9-14,11(15)17-3)8-10-4-5-10/h10,16H,4-9,14H2,1-3H3. The van der Waals surface area contributed by atoms with Crippen LogP contribution in [0.15, 0.2) is 0 Å². The molecule has 0 spiro atoms. The van der Waals surface area contributed by atoms with Crippen LogP contribution in [0.4, 0.5) is 0 Å². The maximum atomic E-state index is 12.0. The summed E-state index contributed by atoms with van der Waals surface area (Å²) in [5, 5.41) is 9.79. The Labute approximate surface area is 104 Å². The van der Waals surface area contributed by atoms with Crippen molar-refractivity contribution in [3.63, 3.8) is 0 Å². The van der Waals surface area contributed by atoms with E-state index in [4.69, 9.17) is 10.5 Å². The van der Waals surface area contributed by atoms with Gasteiger partial charge >= 0.3 is 5.97 Å². The van der Waals surface area contributed by atoms with Crippen LogP contribution in [-0.2, 0) is 9.53 Å². The summed E-state index contributed by atoms with van der Waals surface area (Å²) in [7, 11) is 1.41. The topological polar surface area (TPSA) is 72.5 Å². The molecule has 0 saturated heterocycles. The van der Waals surface area contributed by atoms with Crippen LogP contribution >= 0.6 is 0 Å². The average Bonchev–Trinajstić information content (AvgIpc) is 3.05. The Balaban J connectivity index is 2.70. The van der Waals surface area contributed by atoms with Gasteiger partial charge < -0.3 is 15.6 Å². The molecule has 0 radical (unpaired) electrons. The number of nitrogens with two attached hydrogens (primary N) is 1. The average molecular weight is 243 g/mol. The summed E-state index contributed by atoms with van der Waals surface area (Å²) in [5.41, 5.74) is 4.44. The molecule has 0 heterocycles. The van der Waals surface area contributed by atoms with Gasteiger partial charge in [0.05, 0.1) is 18.1 Å². The van der Waals surface area contributed by atoms with Gasteiger partial charge in [0.2, 0.25) is 0 Å². The Bertz CT molecular complexity index is 268. The van der Waals surface area contributed by atoms with Crippen LogP contribution in [0.5, 0.6) is 0 Å². The highest BCUT2D eigenvalue weighted by atomic mass is 16.5. The molecular formula is C13H25NO3. The van der Waals surface area contributed by atoms with Gasteiger partial charge in [-0.25, -0.2) is 0 Å². The van der Waals surface area contributed by atoms with Gasteiger partial charge in [-0.2, -0.15) is 0 Å². The van der Waals surface area contributed by atoms with Gasteiger partial charge in [0.1, 0.15) is 0 Å². The van der Waals surface area contributed by atoms with E-state index in [2.05, 4.69) is 0 Å². The molecule has 0 aromatic carbocycles. The molecule has 4 nitrogen and oxygen atoms in total. The second-order valence-electron chi connectivity index (χ2n) is 5.94. The van der Waals surface area contributed by atoms with Crippen LogP contribution in [-0.4, -0.2) is 30.3 Å². The molecular weight excluding hydrogens is 218 g/mol. The second-order valence-corrected chi connectivity index (χ2v) is 5.94. The van der Waals surface area contributed by atoms with Gasteiger partial charge in [0, 0.05) is 6.54 Å². The summed E-state index contributed by atoms with van der Waals surface area (Å²) < 4.78 is 4.90. The number of esters is 1. The quantitative estimate of drug-likeness (QED) is 0.664. The molecule has 0 amide bonds. The van der Waals surface area contributed by atoms with Crippen LogP contribution in [0, 0.1) is 11.3 Å². The van der Waals surface area contributed by atoms with Gasteiger partial charge in [-0.1, -0.05) is 12.8 Å². The minimum Gasteiger partial charge on any atom is -0.469 e. The molecule has 1 unspecified atom stereocenters. The molecule has 0 bridgehead atoms. The highest BCUT2D eigenvalue weighted by Crippen LogP contribution is 2.43. The van der Waals surface area contributed by atoms with Crippen molar-refractivity contribution in [2.75, 3.05) is 13.7 Å². The molecule has 0 aromatic rings. The number of hydrogen-bond acceptors (Lipinski definition) is 4. The normalized spacial score (nSPS) is 19.8. The predicted octanol–water partition coefficient (Wildman–Crippen LogP) is 1.46. The summed E-state index contributed by atoms with van der Waals surface area (Å²) in [6.07, 6.45) is 4.32. The first-order valence-corrected chi connectivity index (χ1v) is 6.34. The van der Waals surface area contributed by atoms with Crippen LogP contribution in [0.3, 0.4) is 0 Å². The molecule has 1 aliphatic carbocycles. The third-order valence-corrected chi connectivity index (χ3v) is 3.60. The van der Waals surface area contributed by atoms with Crippen molar-refractivity contribution in [2.45, 2.75) is 51.6 Å². The van der Waals surface area contributed by atoms with E-state index in [1.165, 1.54) is 20.0 Å². The van der Waals surface area contributed by atoms with Crippen molar-refractivity contribution >= 4 is 5.97 Å². The third-order valence-electron chi connectivity index (χ3n) is 3.60. The second kappa shape index (κ2) is 5.36. The molecule has 0 aromatic heterocycles. The summed E-state index contributed by atoms with van der Waals surface area (Å²) >= 11 is 0. The van der Waals surface area contributed by atoms with Crippen LogP contribution < -0.4 is 5.73 Å². The molecule has 100 valence electrons. The van der Waals surface area contributed by atoms with E-state index in [0.717, 1.165) is 6.42 Å². The number of carbonyl (C=O) groups is 1. The molecule has 3 N–H and O–H groups in total.